The van der Waals surface area contributed by atoms with Gasteiger partial charge in [-0.25, -0.2) is 13.1 Å². The Balaban J connectivity index is 1.72. The third kappa shape index (κ3) is 5.02. The Morgan fingerprint density at radius 1 is 0.970 bits per heavy atom. The summed E-state index contributed by atoms with van der Waals surface area (Å²) in [6, 6.07) is 19.5. The minimum Gasteiger partial charge on any atom is -0.284 e. The summed E-state index contributed by atoms with van der Waals surface area (Å²) < 4.78 is 28.2. The van der Waals surface area contributed by atoms with Gasteiger partial charge in [0.15, 0.2) is 0 Å². The van der Waals surface area contributed by atoms with Crippen LogP contribution in [-0.4, -0.2) is 25.8 Å². The summed E-state index contributed by atoms with van der Waals surface area (Å²) in [5.41, 5.74) is 6.72. The Labute approximate surface area is 196 Å². The summed E-state index contributed by atoms with van der Waals surface area (Å²) in [6.07, 6.45) is 1.75. The van der Waals surface area contributed by atoms with Crippen molar-refractivity contribution in [2.75, 3.05) is 6.54 Å². The Hall–Kier alpha value is -2.96. The summed E-state index contributed by atoms with van der Waals surface area (Å²) in [5, 5.41) is 0. The predicted octanol–water partition coefficient (Wildman–Crippen LogP) is 4.61. The Morgan fingerprint density at radius 3 is 2.30 bits per heavy atom. The van der Waals surface area contributed by atoms with Crippen molar-refractivity contribution in [1.29, 1.82) is 0 Å². The van der Waals surface area contributed by atoms with Gasteiger partial charge in [-0.2, -0.15) is 0 Å². The predicted molar refractivity (Wildman–Crippen MR) is 130 cm³/mol. The normalized spacial score (nSPS) is 16.6. The zero-order valence-corrected chi connectivity index (χ0v) is 20.2. The van der Waals surface area contributed by atoms with Crippen LogP contribution in [0.5, 0.6) is 0 Å². The van der Waals surface area contributed by atoms with Gasteiger partial charge in [-0.15, -0.1) is 0 Å². The van der Waals surface area contributed by atoms with Crippen LogP contribution in [-0.2, 0) is 27.8 Å². The molecule has 4 rings (SSSR count). The second kappa shape index (κ2) is 9.49. The van der Waals surface area contributed by atoms with E-state index >= 15 is 0 Å². The highest BCUT2D eigenvalue weighted by Gasteiger charge is 2.34. The SMILES string of the molecule is Cc1cc(C)c(CN2CCCc3ccccc3C2C(=O)NS(=O)(=O)c2ccccc2)c(C)c1. The van der Waals surface area contributed by atoms with Crippen molar-refractivity contribution in [2.24, 2.45) is 0 Å². The number of carbonyl (C=O) groups is 1. The molecule has 1 atom stereocenters. The summed E-state index contributed by atoms with van der Waals surface area (Å²) in [7, 11) is -3.97. The van der Waals surface area contributed by atoms with Crippen LogP contribution in [0.25, 0.3) is 0 Å². The van der Waals surface area contributed by atoms with Crippen LogP contribution < -0.4 is 4.72 Å². The van der Waals surface area contributed by atoms with Gasteiger partial charge in [0.05, 0.1) is 4.90 Å². The monoisotopic (exact) mass is 462 g/mol. The molecule has 0 bridgehead atoms. The molecule has 6 heteroatoms. The second-order valence-corrected chi connectivity index (χ2v) is 10.5. The Morgan fingerprint density at radius 2 is 1.61 bits per heavy atom. The number of nitrogens with one attached hydrogen (secondary N) is 1. The number of fused-ring (bicyclic) bond motifs is 1. The summed E-state index contributed by atoms with van der Waals surface area (Å²) in [5.74, 6) is -0.518. The molecule has 0 aromatic heterocycles. The van der Waals surface area contributed by atoms with Gasteiger partial charge in [0.2, 0.25) is 0 Å². The number of nitrogens with zero attached hydrogens (tertiary/aromatic N) is 1. The lowest BCUT2D eigenvalue weighted by atomic mass is 9.96. The quantitative estimate of drug-likeness (QED) is 0.602. The zero-order valence-electron chi connectivity index (χ0n) is 19.3. The fourth-order valence-electron chi connectivity index (χ4n) is 4.81. The van der Waals surface area contributed by atoms with Crippen LogP contribution in [0.3, 0.4) is 0 Å². The van der Waals surface area contributed by atoms with Crippen LogP contribution in [0.1, 0.15) is 45.8 Å². The Kier molecular flexibility index (Phi) is 6.68. The van der Waals surface area contributed by atoms with Gasteiger partial charge < -0.3 is 0 Å². The highest BCUT2D eigenvalue weighted by atomic mass is 32.2. The molecule has 0 spiro atoms. The van der Waals surface area contributed by atoms with E-state index < -0.39 is 22.0 Å². The number of amides is 1. The smallest absolute Gasteiger partial charge is 0.264 e. The second-order valence-electron chi connectivity index (χ2n) is 8.84. The molecule has 0 aliphatic carbocycles. The van der Waals surface area contributed by atoms with Crippen LogP contribution in [0.2, 0.25) is 0 Å². The topological polar surface area (TPSA) is 66.5 Å². The molecular formula is C27H30N2O3S. The molecule has 1 unspecified atom stereocenters. The van der Waals surface area contributed by atoms with Crippen LogP contribution in [0.4, 0.5) is 0 Å². The standard InChI is InChI=1S/C27H30N2O3S/c1-19-16-20(2)25(21(3)17-19)18-29-15-9-11-22-10-7-8-14-24(22)26(29)27(30)28-33(31,32)23-12-5-4-6-13-23/h4-8,10,12-14,16-17,26H,9,11,15,18H2,1-3H3,(H,28,30). The van der Waals surface area contributed by atoms with Gasteiger partial charge in [0, 0.05) is 6.54 Å². The van der Waals surface area contributed by atoms with Gasteiger partial charge >= 0.3 is 0 Å². The first-order valence-corrected chi connectivity index (χ1v) is 12.7. The van der Waals surface area contributed by atoms with E-state index in [1.165, 1.54) is 34.4 Å². The van der Waals surface area contributed by atoms with Crippen molar-refractivity contribution in [3.05, 3.63) is 100 Å². The maximum atomic E-state index is 13.6. The van der Waals surface area contributed by atoms with Gasteiger partial charge in [-0.05, 0) is 80.1 Å². The molecule has 0 fully saturated rings. The molecule has 3 aromatic rings. The largest absolute Gasteiger partial charge is 0.284 e. The number of carbonyl (C=O) groups excluding carboxylic acids is 1. The fraction of sp³-hybridized carbons (Fsp3) is 0.296. The highest BCUT2D eigenvalue weighted by Crippen LogP contribution is 2.32. The van der Waals surface area contributed by atoms with E-state index in [-0.39, 0.29) is 4.90 Å². The van der Waals surface area contributed by atoms with Gasteiger partial charge in [0.1, 0.15) is 6.04 Å². The first-order chi connectivity index (χ1) is 15.8. The molecule has 1 aliphatic heterocycles. The van der Waals surface area contributed by atoms with E-state index in [1.807, 2.05) is 24.3 Å². The third-order valence-corrected chi connectivity index (χ3v) is 7.71. The summed E-state index contributed by atoms with van der Waals surface area (Å²) in [6.45, 7) is 7.55. The highest BCUT2D eigenvalue weighted by molar-refractivity contribution is 7.90. The van der Waals surface area contributed by atoms with E-state index in [9.17, 15) is 13.2 Å². The maximum absolute atomic E-state index is 13.6. The first-order valence-electron chi connectivity index (χ1n) is 11.3. The van der Waals surface area contributed by atoms with E-state index in [1.54, 1.807) is 18.2 Å². The molecular weight excluding hydrogens is 432 g/mol. The molecule has 5 nitrogen and oxygen atoms in total. The fourth-order valence-corrected chi connectivity index (χ4v) is 5.82. The molecule has 1 heterocycles. The van der Waals surface area contributed by atoms with Crippen molar-refractivity contribution in [3.8, 4) is 0 Å². The number of benzene rings is 3. The molecule has 0 radical (unpaired) electrons. The van der Waals surface area contributed by atoms with Crippen LogP contribution in [0, 0.1) is 20.8 Å². The first kappa shape index (κ1) is 23.2. The zero-order chi connectivity index (χ0) is 23.6. The van der Waals surface area contributed by atoms with E-state index in [0.717, 1.165) is 24.0 Å². The van der Waals surface area contributed by atoms with Gasteiger partial charge in [-0.3, -0.25) is 9.69 Å². The minimum absolute atomic E-state index is 0.0806. The summed E-state index contributed by atoms with van der Waals surface area (Å²) >= 11 is 0. The van der Waals surface area contributed by atoms with E-state index in [0.29, 0.717) is 13.1 Å². The molecule has 0 saturated heterocycles. The molecule has 0 saturated carbocycles. The van der Waals surface area contributed by atoms with Crippen molar-refractivity contribution in [2.45, 2.75) is 51.1 Å². The number of sulfonamides is 1. The van der Waals surface area contributed by atoms with E-state index in [4.69, 9.17) is 0 Å². The van der Waals surface area contributed by atoms with Crippen LogP contribution in [0.15, 0.2) is 71.6 Å². The van der Waals surface area contributed by atoms with E-state index in [2.05, 4.69) is 42.5 Å². The number of hydrogen-bond donors (Lipinski definition) is 1. The molecule has 1 amide bonds. The molecule has 1 aliphatic rings. The average molecular weight is 463 g/mol. The Bertz CT molecular complexity index is 1250. The minimum atomic E-state index is -3.97. The number of rotatable bonds is 5. The molecule has 33 heavy (non-hydrogen) atoms. The maximum Gasteiger partial charge on any atom is 0.264 e. The van der Waals surface area contributed by atoms with Crippen molar-refractivity contribution >= 4 is 15.9 Å². The molecule has 1 N–H and O–H groups in total. The van der Waals surface area contributed by atoms with Crippen molar-refractivity contribution < 1.29 is 13.2 Å². The van der Waals surface area contributed by atoms with Gasteiger partial charge in [-0.1, -0.05) is 60.2 Å². The third-order valence-electron chi connectivity index (χ3n) is 6.34. The van der Waals surface area contributed by atoms with Gasteiger partial charge in [0.25, 0.3) is 15.9 Å². The molecule has 3 aromatic carbocycles. The number of hydrogen-bond acceptors (Lipinski definition) is 4. The van der Waals surface area contributed by atoms with Crippen molar-refractivity contribution in [3.63, 3.8) is 0 Å². The average Bonchev–Trinajstić information content (AvgIpc) is 2.95. The van der Waals surface area contributed by atoms with Crippen molar-refractivity contribution in [1.82, 2.24) is 9.62 Å². The van der Waals surface area contributed by atoms with Crippen LogP contribution >= 0.6 is 0 Å². The number of aryl methyl sites for hydroxylation is 4. The lowest BCUT2D eigenvalue weighted by Crippen LogP contribution is -2.42. The summed E-state index contributed by atoms with van der Waals surface area (Å²) in [4.78, 5) is 15.8. The lowest BCUT2D eigenvalue weighted by molar-refractivity contribution is -0.125. The molecule has 172 valence electrons. The lowest BCUT2D eigenvalue weighted by Gasteiger charge is -2.31.